The molecule has 0 aliphatic heterocycles. The molecule has 0 aliphatic rings. The van der Waals surface area contributed by atoms with Gasteiger partial charge in [-0.15, -0.1) is 0 Å². The molecular weight excluding hydrogens is 402 g/mol. The van der Waals surface area contributed by atoms with Crippen molar-refractivity contribution in [2.75, 3.05) is 6.54 Å². The van der Waals surface area contributed by atoms with Crippen LogP contribution >= 0.6 is 11.6 Å². The van der Waals surface area contributed by atoms with Crippen LogP contribution in [0.1, 0.15) is 28.3 Å². The van der Waals surface area contributed by atoms with E-state index in [0.29, 0.717) is 28.7 Å². The number of hydrogen-bond acceptors (Lipinski definition) is 4. The number of amides is 1. The highest BCUT2D eigenvalue weighted by Gasteiger charge is 2.18. The van der Waals surface area contributed by atoms with Crippen molar-refractivity contribution in [1.29, 1.82) is 0 Å². The number of benzene rings is 1. The van der Waals surface area contributed by atoms with E-state index in [0.717, 1.165) is 30.0 Å². The topological polar surface area (TPSA) is 77.9 Å². The Morgan fingerprint density at radius 2 is 1.93 bits per heavy atom. The molecule has 0 bridgehead atoms. The van der Waals surface area contributed by atoms with Crippen molar-refractivity contribution in [2.45, 2.75) is 26.8 Å². The number of furan rings is 1. The summed E-state index contributed by atoms with van der Waals surface area (Å²) in [5, 5.41) is 12.5. The molecule has 8 heteroatoms. The standard InChI is InChI=1S/C22H22ClN5O2/c1-15-13-16(2)27(25-15)11-4-10-24-22(29)19-14-20(21-5-3-12-30-21)28(26-19)18-8-6-17(23)7-9-18/h3,5-9,12-14H,4,10-11H2,1-2H3,(H,24,29). The second-order valence-corrected chi connectivity index (χ2v) is 7.48. The summed E-state index contributed by atoms with van der Waals surface area (Å²) in [6, 6.07) is 14.6. The number of hydrogen-bond donors (Lipinski definition) is 1. The number of carbonyl (C=O) groups is 1. The summed E-state index contributed by atoms with van der Waals surface area (Å²) in [7, 11) is 0. The van der Waals surface area contributed by atoms with E-state index in [4.69, 9.17) is 16.0 Å². The van der Waals surface area contributed by atoms with Gasteiger partial charge in [-0.1, -0.05) is 11.6 Å². The van der Waals surface area contributed by atoms with Gasteiger partial charge in [-0.25, -0.2) is 4.68 Å². The van der Waals surface area contributed by atoms with Crippen molar-refractivity contribution in [2.24, 2.45) is 0 Å². The molecule has 1 amide bonds. The van der Waals surface area contributed by atoms with Gasteiger partial charge in [-0.2, -0.15) is 10.2 Å². The second kappa shape index (κ2) is 8.59. The fourth-order valence-electron chi connectivity index (χ4n) is 3.29. The number of aryl methyl sites for hydroxylation is 3. The van der Waals surface area contributed by atoms with Gasteiger partial charge in [0.05, 0.1) is 17.6 Å². The summed E-state index contributed by atoms with van der Waals surface area (Å²) in [5.74, 6) is 0.393. The largest absolute Gasteiger partial charge is 0.463 e. The molecule has 154 valence electrons. The van der Waals surface area contributed by atoms with Crippen LogP contribution in [0.4, 0.5) is 0 Å². The highest BCUT2D eigenvalue weighted by molar-refractivity contribution is 6.30. The monoisotopic (exact) mass is 423 g/mol. The lowest BCUT2D eigenvalue weighted by Gasteiger charge is -2.06. The quantitative estimate of drug-likeness (QED) is 0.446. The molecule has 0 radical (unpaired) electrons. The Morgan fingerprint density at radius 3 is 2.60 bits per heavy atom. The van der Waals surface area contributed by atoms with E-state index in [-0.39, 0.29) is 5.91 Å². The molecule has 0 aliphatic carbocycles. The lowest BCUT2D eigenvalue weighted by Crippen LogP contribution is -2.26. The summed E-state index contributed by atoms with van der Waals surface area (Å²) >= 11 is 6.00. The zero-order valence-corrected chi connectivity index (χ0v) is 17.6. The first-order valence-electron chi connectivity index (χ1n) is 9.70. The number of rotatable bonds is 7. The minimum atomic E-state index is -0.233. The Labute approximate surface area is 179 Å². The van der Waals surface area contributed by atoms with Gasteiger partial charge in [0, 0.05) is 29.9 Å². The van der Waals surface area contributed by atoms with Gasteiger partial charge in [0.1, 0.15) is 5.69 Å². The molecular formula is C22H22ClN5O2. The Hall–Kier alpha value is -3.32. The van der Waals surface area contributed by atoms with Gasteiger partial charge in [0.2, 0.25) is 0 Å². The van der Waals surface area contributed by atoms with E-state index < -0.39 is 0 Å². The predicted molar refractivity (Wildman–Crippen MR) is 115 cm³/mol. The minimum Gasteiger partial charge on any atom is -0.463 e. The molecule has 3 aromatic heterocycles. The maximum absolute atomic E-state index is 12.7. The first kappa shape index (κ1) is 20.0. The number of halogens is 1. The highest BCUT2D eigenvalue weighted by atomic mass is 35.5. The maximum Gasteiger partial charge on any atom is 0.271 e. The van der Waals surface area contributed by atoms with Crippen LogP contribution in [-0.2, 0) is 6.54 Å². The molecule has 1 N–H and O–H groups in total. The molecule has 4 rings (SSSR count). The van der Waals surface area contributed by atoms with Gasteiger partial charge in [-0.3, -0.25) is 9.48 Å². The first-order chi connectivity index (χ1) is 14.5. The van der Waals surface area contributed by atoms with E-state index in [1.54, 1.807) is 35.2 Å². The van der Waals surface area contributed by atoms with Gasteiger partial charge < -0.3 is 9.73 Å². The Balaban J connectivity index is 1.48. The molecule has 0 saturated carbocycles. The zero-order chi connectivity index (χ0) is 21.1. The molecule has 4 aromatic rings. The molecule has 3 heterocycles. The Kier molecular flexibility index (Phi) is 5.72. The lowest BCUT2D eigenvalue weighted by molar-refractivity contribution is 0.0947. The maximum atomic E-state index is 12.7. The SMILES string of the molecule is Cc1cc(C)n(CCCNC(=O)c2cc(-c3ccco3)n(-c3ccc(Cl)cc3)n2)n1. The van der Waals surface area contributed by atoms with Crippen molar-refractivity contribution in [1.82, 2.24) is 24.9 Å². The van der Waals surface area contributed by atoms with Crippen LogP contribution < -0.4 is 5.32 Å². The van der Waals surface area contributed by atoms with Crippen molar-refractivity contribution in [3.63, 3.8) is 0 Å². The predicted octanol–water partition coefficient (Wildman–Crippen LogP) is 4.42. The van der Waals surface area contributed by atoms with Crippen LogP contribution in [0.2, 0.25) is 5.02 Å². The molecule has 0 atom stereocenters. The number of nitrogens with zero attached hydrogens (tertiary/aromatic N) is 4. The van der Waals surface area contributed by atoms with Crippen molar-refractivity contribution >= 4 is 17.5 Å². The second-order valence-electron chi connectivity index (χ2n) is 7.04. The minimum absolute atomic E-state index is 0.233. The molecule has 0 fully saturated rings. The summed E-state index contributed by atoms with van der Waals surface area (Å²) in [6.45, 7) is 5.27. The zero-order valence-electron chi connectivity index (χ0n) is 16.8. The van der Waals surface area contributed by atoms with Gasteiger partial charge in [-0.05, 0) is 62.7 Å². The van der Waals surface area contributed by atoms with Crippen molar-refractivity contribution in [3.8, 4) is 17.1 Å². The summed E-state index contributed by atoms with van der Waals surface area (Å²) in [4.78, 5) is 12.7. The number of aromatic nitrogens is 4. The van der Waals surface area contributed by atoms with Gasteiger partial charge in [0.25, 0.3) is 5.91 Å². The summed E-state index contributed by atoms with van der Waals surface area (Å²) < 4.78 is 9.16. The average molecular weight is 424 g/mol. The fraction of sp³-hybridized carbons (Fsp3) is 0.227. The van der Waals surface area contributed by atoms with Crippen LogP contribution in [0, 0.1) is 13.8 Å². The van der Waals surface area contributed by atoms with E-state index in [1.165, 1.54) is 0 Å². The molecule has 7 nitrogen and oxygen atoms in total. The van der Waals surface area contributed by atoms with Crippen LogP contribution in [0.15, 0.2) is 59.2 Å². The third-order valence-electron chi connectivity index (χ3n) is 4.72. The van der Waals surface area contributed by atoms with Crippen LogP contribution in [0.5, 0.6) is 0 Å². The first-order valence-corrected chi connectivity index (χ1v) is 10.1. The van der Waals surface area contributed by atoms with Crippen molar-refractivity contribution in [3.05, 3.63) is 76.9 Å². The molecule has 0 unspecified atom stereocenters. The van der Waals surface area contributed by atoms with E-state index in [9.17, 15) is 4.79 Å². The third kappa shape index (κ3) is 4.31. The average Bonchev–Trinajstić information content (AvgIpc) is 3.45. The van der Waals surface area contributed by atoms with E-state index >= 15 is 0 Å². The molecule has 0 saturated heterocycles. The van der Waals surface area contributed by atoms with Gasteiger partial charge >= 0.3 is 0 Å². The van der Waals surface area contributed by atoms with E-state index in [2.05, 4.69) is 15.5 Å². The Bertz CT molecular complexity index is 1140. The summed E-state index contributed by atoms with van der Waals surface area (Å²) in [6.07, 6.45) is 2.36. The Morgan fingerprint density at radius 1 is 1.13 bits per heavy atom. The lowest BCUT2D eigenvalue weighted by atomic mass is 10.2. The molecule has 1 aromatic carbocycles. The number of nitrogens with one attached hydrogen (secondary N) is 1. The fourth-order valence-corrected chi connectivity index (χ4v) is 3.42. The molecule has 30 heavy (non-hydrogen) atoms. The highest BCUT2D eigenvalue weighted by Crippen LogP contribution is 2.25. The molecule has 0 spiro atoms. The number of carbonyl (C=O) groups excluding carboxylic acids is 1. The third-order valence-corrected chi connectivity index (χ3v) is 4.97. The smallest absolute Gasteiger partial charge is 0.271 e. The normalized spacial score (nSPS) is 11.0. The van der Waals surface area contributed by atoms with E-state index in [1.807, 2.05) is 42.8 Å². The van der Waals surface area contributed by atoms with Crippen molar-refractivity contribution < 1.29 is 9.21 Å². The van der Waals surface area contributed by atoms with Crippen LogP contribution in [0.25, 0.3) is 17.1 Å². The van der Waals surface area contributed by atoms with Crippen LogP contribution in [0.3, 0.4) is 0 Å². The van der Waals surface area contributed by atoms with Gasteiger partial charge in [0.15, 0.2) is 11.5 Å². The van der Waals surface area contributed by atoms with Crippen LogP contribution in [-0.4, -0.2) is 32.0 Å². The summed E-state index contributed by atoms with van der Waals surface area (Å²) in [5.41, 5.74) is 3.91.